The second-order valence-corrected chi connectivity index (χ2v) is 13.5. The number of hydrogen-bond donors (Lipinski definition) is 6. The number of nitrogens with one attached hydrogen (secondary N) is 1. The van der Waals surface area contributed by atoms with Crippen molar-refractivity contribution in [3.05, 3.63) is 23.0 Å². The summed E-state index contributed by atoms with van der Waals surface area (Å²) in [4.78, 5) is 41.0. The van der Waals surface area contributed by atoms with Crippen LogP contribution < -0.4 is 17.0 Å². The molecule has 2 saturated heterocycles. The van der Waals surface area contributed by atoms with Gasteiger partial charge in [-0.05, 0) is 11.8 Å². The van der Waals surface area contributed by atoms with Gasteiger partial charge in [0.05, 0.1) is 24.8 Å². The lowest BCUT2D eigenvalue weighted by Crippen LogP contribution is -2.46. The Kier molecular flexibility index (Phi) is 7.37. The first kappa shape index (κ1) is 30.0. The molecule has 2 fully saturated rings. The predicted octanol–water partition coefficient (Wildman–Crippen LogP) is -1.24. The van der Waals surface area contributed by atoms with Crippen molar-refractivity contribution in [1.29, 1.82) is 0 Å². The second kappa shape index (κ2) is 10.6. The highest BCUT2D eigenvalue weighted by Crippen LogP contribution is 2.56. The third-order valence-electron chi connectivity index (χ3n) is 6.84. The lowest BCUT2D eigenvalue weighted by Gasteiger charge is -2.35. The second-order valence-electron chi connectivity index (χ2n) is 9.48. The number of nitrogens with two attached hydrogens (primary N) is 2. The molecule has 4 aromatic rings. The number of alkyl halides is 3. The average Bonchev–Trinajstić information content (AvgIpc) is 3.69. The van der Waals surface area contributed by atoms with Gasteiger partial charge in [-0.3, -0.25) is 18.9 Å². The Hall–Kier alpha value is -3.02. The smallest absolute Gasteiger partial charge is 0.326 e. The van der Waals surface area contributed by atoms with Crippen molar-refractivity contribution in [3.8, 4) is 0 Å². The maximum absolute atomic E-state index is 15.9. The first-order valence-electron chi connectivity index (χ1n) is 12.1. The van der Waals surface area contributed by atoms with Crippen molar-refractivity contribution < 1.29 is 42.1 Å². The summed E-state index contributed by atoms with van der Waals surface area (Å²) in [6.45, 7) is -6.15. The summed E-state index contributed by atoms with van der Waals surface area (Å²) in [7, 11) is 0. The van der Waals surface area contributed by atoms with Crippen LogP contribution in [-0.2, 0) is 31.3 Å². The van der Waals surface area contributed by atoms with Crippen LogP contribution >= 0.6 is 18.5 Å². The Morgan fingerprint density at radius 1 is 1.28 bits per heavy atom. The normalized spacial score (nSPS) is 30.3. The number of halogens is 3. The topological polar surface area (TPSA) is 260 Å². The number of thioether (sulfide) groups is 1. The maximum Gasteiger partial charge on any atom is 0.326 e. The number of ether oxygens (including phenoxy) is 1. The highest BCUT2D eigenvalue weighted by molar-refractivity contribution is 8.07. The lowest BCUT2D eigenvalue weighted by molar-refractivity contribution is -0.142. The van der Waals surface area contributed by atoms with Gasteiger partial charge in [-0.15, -0.1) is 16.9 Å². The molecule has 18 nitrogen and oxygen atoms in total. The number of fused-ring (bicyclic) bond motifs is 2. The first-order chi connectivity index (χ1) is 20.3. The van der Waals surface area contributed by atoms with Crippen LogP contribution in [0.25, 0.3) is 22.3 Å². The number of nitrogen functional groups attached to an aromatic ring is 2. The van der Waals surface area contributed by atoms with E-state index in [2.05, 4.69) is 35.2 Å². The molecule has 2 aliphatic heterocycles. The fourth-order valence-electron chi connectivity index (χ4n) is 4.76. The molecule has 0 spiro atoms. The number of imidazole rings is 1. The van der Waals surface area contributed by atoms with Crippen LogP contribution in [0.5, 0.6) is 0 Å². The highest BCUT2D eigenvalue weighted by atomic mass is 32.5. The molecule has 6 heterocycles. The fourth-order valence-corrected chi connectivity index (χ4v) is 7.76. The van der Waals surface area contributed by atoms with E-state index in [1.807, 2.05) is 0 Å². The lowest BCUT2D eigenvalue weighted by atomic mass is 10.1. The summed E-state index contributed by atoms with van der Waals surface area (Å²) in [6, 6.07) is 0. The molecule has 232 valence electrons. The molecule has 0 aromatic carbocycles. The molecule has 0 bridgehead atoms. The standard InChI is InChI=1S/C19H21F3N11O7PS2/c20-10-7(1-34)43-3-18(10,32-5-27-9-14(32)28-17(24)29-15(9)36)40-41(37,42)38-2-6-11(35)19(21,22)16(39-6)33-13-8(30-31-33)12(23)25-4-26-13/h4-7,10-11,16,34-35H,1-3H2,(H,37,42)(H2,23,25,26)(H3,24,28,29,36)/t6-,7-,10+,11-,16-,18-,41?/m1/s1. The van der Waals surface area contributed by atoms with Gasteiger partial charge in [-0.25, -0.2) is 19.3 Å². The summed E-state index contributed by atoms with van der Waals surface area (Å²) < 4.78 is 64.1. The van der Waals surface area contributed by atoms with E-state index >= 15 is 13.2 Å². The molecule has 43 heavy (non-hydrogen) atoms. The molecule has 0 amide bonds. The van der Waals surface area contributed by atoms with E-state index in [4.69, 9.17) is 37.1 Å². The quantitative estimate of drug-likeness (QED) is 0.120. The molecule has 6 rings (SSSR count). The Balaban J connectivity index is 1.27. The number of nitrogens with zero attached hydrogens (tertiary/aromatic N) is 8. The predicted molar refractivity (Wildman–Crippen MR) is 145 cm³/mol. The zero-order chi connectivity index (χ0) is 30.9. The summed E-state index contributed by atoms with van der Waals surface area (Å²) in [5.41, 5.74) is 7.62. The monoisotopic (exact) mass is 667 g/mol. The van der Waals surface area contributed by atoms with E-state index < -0.39 is 67.0 Å². The van der Waals surface area contributed by atoms with E-state index in [0.717, 1.165) is 29.0 Å². The van der Waals surface area contributed by atoms with Crippen molar-refractivity contribution in [2.45, 2.75) is 41.5 Å². The van der Waals surface area contributed by atoms with Gasteiger partial charge in [-0.2, -0.15) is 18.4 Å². The van der Waals surface area contributed by atoms with Crippen LogP contribution in [0.15, 0.2) is 17.4 Å². The SMILES string of the molecule is Nc1nc2c(ncn2[C@@]2(OP(O)(=S)OC[C@H]3O[C@@H](n4nnc5c(N)ncnc54)C(F)(F)[C@@H]3O)CS[C@H](CO)[C@@H]2F)c(=O)[nH]1. The van der Waals surface area contributed by atoms with Gasteiger partial charge in [0.1, 0.15) is 12.4 Å². The zero-order valence-corrected chi connectivity index (χ0v) is 23.8. The van der Waals surface area contributed by atoms with Gasteiger partial charge in [-0.1, -0.05) is 5.21 Å². The highest BCUT2D eigenvalue weighted by Gasteiger charge is 2.61. The average molecular weight is 668 g/mol. The van der Waals surface area contributed by atoms with Crippen LogP contribution in [0.2, 0.25) is 0 Å². The van der Waals surface area contributed by atoms with Crippen LogP contribution in [0.4, 0.5) is 24.9 Å². The Morgan fingerprint density at radius 3 is 2.77 bits per heavy atom. The number of anilines is 2. The Morgan fingerprint density at radius 2 is 2.05 bits per heavy atom. The van der Waals surface area contributed by atoms with Crippen molar-refractivity contribution in [2.75, 3.05) is 30.4 Å². The van der Waals surface area contributed by atoms with Crippen LogP contribution in [0.1, 0.15) is 6.23 Å². The fraction of sp³-hybridized carbons (Fsp3) is 0.526. The van der Waals surface area contributed by atoms with E-state index in [0.29, 0.717) is 4.68 Å². The number of rotatable bonds is 8. The molecule has 0 aliphatic carbocycles. The number of aromatic nitrogens is 9. The maximum atomic E-state index is 15.9. The van der Waals surface area contributed by atoms with Gasteiger partial charge >= 0.3 is 12.6 Å². The van der Waals surface area contributed by atoms with Crippen LogP contribution in [-0.4, -0.2) is 108 Å². The molecule has 1 unspecified atom stereocenters. The Labute approximate surface area is 245 Å². The summed E-state index contributed by atoms with van der Waals surface area (Å²) in [6.07, 6.45) is -6.57. The van der Waals surface area contributed by atoms with Crippen LogP contribution in [0, 0.1) is 0 Å². The van der Waals surface area contributed by atoms with E-state index in [1.165, 1.54) is 0 Å². The molecule has 4 aromatic heterocycles. The van der Waals surface area contributed by atoms with Crippen molar-refractivity contribution >= 4 is 64.4 Å². The largest absolute Gasteiger partial charge is 0.395 e. The molecule has 0 radical (unpaired) electrons. The molecule has 7 atom stereocenters. The molecular formula is C19H21F3N11O7PS2. The van der Waals surface area contributed by atoms with E-state index in [-0.39, 0.29) is 39.8 Å². The minimum absolute atomic E-state index is 0.0812. The number of aliphatic hydroxyl groups is 2. The van der Waals surface area contributed by atoms with Crippen LogP contribution in [0.3, 0.4) is 0 Å². The van der Waals surface area contributed by atoms with Crippen molar-refractivity contribution in [3.63, 3.8) is 0 Å². The number of aromatic amines is 1. The molecule has 8 N–H and O–H groups in total. The van der Waals surface area contributed by atoms with Crippen molar-refractivity contribution in [2.24, 2.45) is 0 Å². The summed E-state index contributed by atoms with van der Waals surface area (Å²) in [5.74, 6) is -4.71. The van der Waals surface area contributed by atoms with Crippen molar-refractivity contribution in [1.82, 2.24) is 44.5 Å². The molecule has 0 saturated carbocycles. The summed E-state index contributed by atoms with van der Waals surface area (Å²) >= 11 is 6.02. The minimum atomic E-state index is -4.57. The molecule has 24 heteroatoms. The van der Waals surface area contributed by atoms with Gasteiger partial charge < -0.3 is 35.8 Å². The third-order valence-corrected chi connectivity index (χ3v) is 9.80. The minimum Gasteiger partial charge on any atom is -0.395 e. The van der Waals surface area contributed by atoms with E-state index in [1.54, 1.807) is 0 Å². The van der Waals surface area contributed by atoms with Gasteiger partial charge in [0.15, 0.2) is 46.1 Å². The van der Waals surface area contributed by atoms with E-state index in [9.17, 15) is 19.9 Å². The van der Waals surface area contributed by atoms with Gasteiger partial charge in [0.2, 0.25) is 12.2 Å². The third kappa shape index (κ3) is 4.84. The first-order valence-corrected chi connectivity index (χ1v) is 15.7. The zero-order valence-electron chi connectivity index (χ0n) is 21.3. The number of H-pyrrole nitrogens is 1. The number of aliphatic hydroxyl groups excluding tert-OH is 2. The molecular weight excluding hydrogens is 646 g/mol. The van der Waals surface area contributed by atoms with Gasteiger partial charge in [0.25, 0.3) is 5.56 Å². The molecule has 2 aliphatic rings. The van der Waals surface area contributed by atoms with Gasteiger partial charge in [0, 0.05) is 5.75 Å². The Bertz CT molecular complexity index is 1810. The number of hydrogen-bond acceptors (Lipinski definition) is 16. The summed E-state index contributed by atoms with van der Waals surface area (Å²) in [5, 5.41) is 26.3.